The zero-order valence-corrected chi connectivity index (χ0v) is 27.1. The quantitative estimate of drug-likeness (QED) is 0.167. The SMILES string of the molecule is CC(C)n1ncc2cc(C3=CC[C@H](C)CN3C(=O)OC(=O)OC(=O)N3C[C@@H](C)CC=C3c3ccc4c(cnn4C(C)C)c3)ccc21. The Hall–Kier alpha value is -4.93. The van der Waals surface area contributed by atoms with Gasteiger partial charge in [-0.3, -0.25) is 19.2 Å². The van der Waals surface area contributed by atoms with Crippen LogP contribution in [0.25, 0.3) is 33.2 Å². The molecule has 0 saturated heterocycles. The van der Waals surface area contributed by atoms with Crippen molar-refractivity contribution in [1.82, 2.24) is 29.4 Å². The van der Waals surface area contributed by atoms with E-state index in [9.17, 15) is 14.4 Å². The molecule has 0 unspecified atom stereocenters. The molecule has 0 spiro atoms. The molecule has 4 aromatic rings. The molecule has 2 atom stereocenters. The molecule has 0 fully saturated rings. The summed E-state index contributed by atoms with van der Waals surface area (Å²) in [4.78, 5) is 42.5. The number of hydrogen-bond donors (Lipinski definition) is 0. The summed E-state index contributed by atoms with van der Waals surface area (Å²) in [6.45, 7) is 13.0. The molecule has 0 N–H and O–H groups in total. The molecule has 0 saturated carbocycles. The Labute approximate surface area is 268 Å². The van der Waals surface area contributed by atoms with E-state index >= 15 is 0 Å². The summed E-state index contributed by atoms with van der Waals surface area (Å²) in [5, 5.41) is 10.9. The van der Waals surface area contributed by atoms with Gasteiger partial charge in [0.2, 0.25) is 0 Å². The van der Waals surface area contributed by atoms with Gasteiger partial charge in [0.1, 0.15) is 0 Å². The highest BCUT2D eigenvalue weighted by molar-refractivity contribution is 5.95. The fraction of sp³-hybridized carbons (Fsp3) is 0.400. The molecule has 2 aliphatic heterocycles. The van der Waals surface area contributed by atoms with Gasteiger partial charge in [-0.1, -0.05) is 38.1 Å². The number of amides is 2. The summed E-state index contributed by atoms with van der Waals surface area (Å²) < 4.78 is 14.1. The molecule has 2 aromatic heterocycles. The van der Waals surface area contributed by atoms with Crippen molar-refractivity contribution < 1.29 is 23.9 Å². The van der Waals surface area contributed by atoms with E-state index in [1.54, 1.807) is 12.4 Å². The fourth-order valence-electron chi connectivity index (χ4n) is 6.23. The monoisotopic (exact) mass is 624 g/mol. The lowest BCUT2D eigenvalue weighted by Gasteiger charge is -2.32. The predicted octanol–water partition coefficient (Wildman–Crippen LogP) is 8.01. The van der Waals surface area contributed by atoms with Crippen molar-refractivity contribution in [3.05, 3.63) is 72.1 Å². The number of aromatic nitrogens is 4. The van der Waals surface area contributed by atoms with E-state index in [4.69, 9.17) is 9.47 Å². The molecule has 0 bridgehead atoms. The number of carbonyl (C=O) groups excluding carboxylic acids is 3. The summed E-state index contributed by atoms with van der Waals surface area (Å²) >= 11 is 0. The molecule has 240 valence electrons. The van der Waals surface area contributed by atoms with Crippen molar-refractivity contribution in [3.8, 4) is 0 Å². The normalized spacial score (nSPS) is 18.7. The molecule has 6 rings (SSSR count). The van der Waals surface area contributed by atoms with E-state index in [1.165, 1.54) is 9.80 Å². The maximum Gasteiger partial charge on any atom is 0.526 e. The van der Waals surface area contributed by atoms with Crippen LogP contribution in [0, 0.1) is 11.8 Å². The largest absolute Gasteiger partial charge is 0.526 e. The number of rotatable bonds is 4. The van der Waals surface area contributed by atoms with Crippen molar-refractivity contribution in [2.75, 3.05) is 13.1 Å². The van der Waals surface area contributed by atoms with E-state index in [0.717, 1.165) is 45.8 Å². The van der Waals surface area contributed by atoms with Crippen LogP contribution in [0.5, 0.6) is 0 Å². The lowest BCUT2D eigenvalue weighted by Crippen LogP contribution is -2.40. The second-order valence-electron chi connectivity index (χ2n) is 13.0. The second kappa shape index (κ2) is 12.5. The zero-order chi connectivity index (χ0) is 32.7. The number of carbonyl (C=O) groups is 3. The highest BCUT2D eigenvalue weighted by atomic mass is 16.8. The molecule has 2 amide bonds. The summed E-state index contributed by atoms with van der Waals surface area (Å²) in [5.74, 6) is 0.294. The minimum Gasteiger partial charge on any atom is -0.343 e. The van der Waals surface area contributed by atoms with Crippen molar-refractivity contribution in [2.45, 2.75) is 66.5 Å². The van der Waals surface area contributed by atoms with Crippen LogP contribution in [-0.4, -0.2) is 60.8 Å². The van der Waals surface area contributed by atoms with E-state index in [-0.39, 0.29) is 23.9 Å². The van der Waals surface area contributed by atoms with Gasteiger partial charge in [-0.15, -0.1) is 0 Å². The van der Waals surface area contributed by atoms with Crippen molar-refractivity contribution in [1.29, 1.82) is 0 Å². The van der Waals surface area contributed by atoms with Gasteiger partial charge >= 0.3 is 18.3 Å². The fourth-order valence-corrected chi connectivity index (χ4v) is 6.23. The molecule has 0 aliphatic carbocycles. The molecule has 2 aromatic carbocycles. The molecular weight excluding hydrogens is 584 g/mol. The van der Waals surface area contributed by atoms with Crippen LogP contribution in [0.1, 0.15) is 77.6 Å². The van der Waals surface area contributed by atoms with E-state index in [0.29, 0.717) is 24.5 Å². The number of benzene rings is 2. The topological polar surface area (TPSA) is 112 Å². The van der Waals surface area contributed by atoms with Gasteiger partial charge in [0, 0.05) is 35.9 Å². The van der Waals surface area contributed by atoms with E-state index < -0.39 is 18.3 Å². The van der Waals surface area contributed by atoms with E-state index in [1.807, 2.05) is 71.8 Å². The second-order valence-corrected chi connectivity index (χ2v) is 13.0. The standard InChI is InChI=1S/C35H40N6O5/c1-21(2)40-31-13-9-25(15-27(31)17-36-40)29-11-7-23(5)19-38(29)33(42)45-35(44)46-34(43)39-20-24(6)8-12-30(39)26-10-14-32-28(16-26)18-37-41(32)22(3)4/h9-18,21-24H,7-8,19-20H2,1-6H3/t23-,24-/m0/s1. The Morgan fingerprint density at radius 3 is 1.50 bits per heavy atom. The maximum atomic E-state index is 13.4. The first-order valence-electron chi connectivity index (χ1n) is 15.9. The smallest absolute Gasteiger partial charge is 0.343 e. The molecule has 46 heavy (non-hydrogen) atoms. The van der Waals surface area contributed by atoms with Crippen molar-refractivity contribution in [3.63, 3.8) is 0 Å². The van der Waals surface area contributed by atoms with Gasteiger partial charge in [0.15, 0.2) is 0 Å². The first kappa shape index (κ1) is 31.1. The predicted molar refractivity (Wildman–Crippen MR) is 176 cm³/mol. The third-order valence-corrected chi connectivity index (χ3v) is 8.54. The first-order chi connectivity index (χ1) is 22.0. The van der Waals surface area contributed by atoms with Crippen molar-refractivity contribution >= 4 is 51.5 Å². The Morgan fingerprint density at radius 2 is 1.11 bits per heavy atom. The van der Waals surface area contributed by atoms with Crippen LogP contribution >= 0.6 is 0 Å². The number of hydrogen-bond acceptors (Lipinski definition) is 7. The lowest BCUT2D eigenvalue weighted by atomic mass is 9.98. The van der Waals surface area contributed by atoms with Crippen molar-refractivity contribution in [2.24, 2.45) is 11.8 Å². The van der Waals surface area contributed by atoms with Crippen LogP contribution < -0.4 is 0 Å². The average Bonchev–Trinajstić information content (AvgIpc) is 3.65. The summed E-state index contributed by atoms with van der Waals surface area (Å²) in [6, 6.07) is 12.2. The number of nitrogens with zero attached hydrogens (tertiary/aromatic N) is 6. The lowest BCUT2D eigenvalue weighted by molar-refractivity contribution is 0.0718. The number of fused-ring (bicyclic) bond motifs is 2. The van der Waals surface area contributed by atoms with Crippen LogP contribution in [0.4, 0.5) is 14.4 Å². The van der Waals surface area contributed by atoms with Gasteiger partial charge in [-0.05, 0) is 87.8 Å². The zero-order valence-electron chi connectivity index (χ0n) is 27.1. The third-order valence-electron chi connectivity index (χ3n) is 8.54. The van der Waals surface area contributed by atoms with Crippen LogP contribution in [-0.2, 0) is 9.47 Å². The highest BCUT2D eigenvalue weighted by Gasteiger charge is 2.32. The summed E-state index contributed by atoms with van der Waals surface area (Å²) in [7, 11) is 0. The number of ether oxygens (including phenoxy) is 2. The van der Waals surface area contributed by atoms with Crippen LogP contribution in [0.3, 0.4) is 0 Å². The van der Waals surface area contributed by atoms with Gasteiger partial charge in [0.25, 0.3) is 0 Å². The molecule has 4 heterocycles. The minimum absolute atomic E-state index is 0.147. The minimum atomic E-state index is -1.37. The maximum absolute atomic E-state index is 13.4. The number of allylic oxidation sites excluding steroid dienone is 2. The van der Waals surface area contributed by atoms with Gasteiger partial charge < -0.3 is 9.47 Å². The van der Waals surface area contributed by atoms with Gasteiger partial charge in [-0.2, -0.15) is 10.2 Å². The molecule has 11 heteroatoms. The van der Waals surface area contributed by atoms with Crippen LogP contribution in [0.2, 0.25) is 0 Å². The molecule has 2 aliphatic rings. The Bertz CT molecular complexity index is 1750. The molecule has 0 radical (unpaired) electrons. The average molecular weight is 625 g/mol. The Morgan fingerprint density at radius 1 is 0.696 bits per heavy atom. The molecular formula is C35H40N6O5. The van der Waals surface area contributed by atoms with Gasteiger partial charge in [-0.25, -0.2) is 14.4 Å². The Balaban J connectivity index is 1.17. The highest BCUT2D eigenvalue weighted by Crippen LogP contribution is 2.33. The summed E-state index contributed by atoms with van der Waals surface area (Å²) in [5.41, 5.74) is 4.85. The van der Waals surface area contributed by atoms with Crippen LogP contribution in [0.15, 0.2) is 60.9 Å². The van der Waals surface area contributed by atoms with Gasteiger partial charge in [0.05, 0.1) is 34.8 Å². The van der Waals surface area contributed by atoms with E-state index in [2.05, 4.69) is 37.9 Å². The molecule has 11 nitrogen and oxygen atoms in total. The first-order valence-corrected chi connectivity index (χ1v) is 15.9. The summed E-state index contributed by atoms with van der Waals surface area (Å²) in [6.07, 6.45) is 5.89. The Kier molecular flexibility index (Phi) is 8.41. The third kappa shape index (κ3) is 6.01.